The zero-order valence-electron chi connectivity index (χ0n) is 28.3. The molecule has 3 aromatic heterocycles. The molecule has 4 atom stereocenters. The van der Waals surface area contributed by atoms with Gasteiger partial charge in [-0.15, -0.1) is 0 Å². The van der Waals surface area contributed by atoms with E-state index in [0.29, 0.717) is 40.7 Å². The van der Waals surface area contributed by atoms with Gasteiger partial charge in [-0.1, -0.05) is 0 Å². The second-order valence-corrected chi connectivity index (χ2v) is 14.4. The second kappa shape index (κ2) is 12.0. The number of nitrogens with zero attached hydrogens (tertiary/aromatic N) is 6. The van der Waals surface area contributed by atoms with Crippen molar-refractivity contribution < 1.29 is 33.3 Å². The molecule has 2 aliphatic rings. The first-order valence-electron chi connectivity index (χ1n) is 15.9. The molecule has 3 N–H and O–H groups in total. The summed E-state index contributed by atoms with van der Waals surface area (Å²) in [6, 6.07) is 2.58. The van der Waals surface area contributed by atoms with Gasteiger partial charge in [-0.3, -0.25) is 4.90 Å². The maximum atomic E-state index is 15.3. The van der Waals surface area contributed by atoms with Crippen molar-refractivity contribution >= 4 is 45.6 Å². The minimum atomic E-state index is -0.850. The van der Waals surface area contributed by atoms with Gasteiger partial charge >= 0.3 is 18.2 Å². The number of nitrogens with one attached hydrogen (secondary N) is 2. The number of piperidine rings is 1. The minimum Gasteiger partial charge on any atom is -0.444 e. The Balaban J connectivity index is 1.41. The van der Waals surface area contributed by atoms with Gasteiger partial charge in [-0.25, -0.2) is 23.9 Å². The van der Waals surface area contributed by atoms with Crippen molar-refractivity contribution in [2.45, 2.75) is 90.7 Å². The molecule has 256 valence electrons. The summed E-state index contributed by atoms with van der Waals surface area (Å²) >= 11 is 0. The summed E-state index contributed by atoms with van der Waals surface area (Å²) in [6.07, 6.45) is 2.35. The third-order valence-electron chi connectivity index (χ3n) is 8.24. The molecular weight excluding hydrogens is 623 g/mol. The van der Waals surface area contributed by atoms with Gasteiger partial charge in [0.1, 0.15) is 34.6 Å². The Kier molecular flexibility index (Phi) is 8.30. The second-order valence-electron chi connectivity index (χ2n) is 14.4. The molecule has 14 nitrogen and oxygen atoms in total. The maximum Gasteiger partial charge on any atom is 0.414 e. The van der Waals surface area contributed by atoms with E-state index in [-0.39, 0.29) is 41.3 Å². The molecule has 1 saturated heterocycles. The van der Waals surface area contributed by atoms with Crippen molar-refractivity contribution in [3.05, 3.63) is 36.2 Å². The monoisotopic (exact) mass is 664 g/mol. The van der Waals surface area contributed by atoms with E-state index in [4.69, 9.17) is 19.2 Å². The quantitative estimate of drug-likeness (QED) is 0.230. The SMILES string of the molecule is C[C@@H](O)c1ncc(Oc2nc(N3C[C@H]4C[C@@H]3C[C@H]4NC(=O)OC(C)(C)C)c3c(n2)[nH]c2c(N(C)C(=O)OC(C)(C)C)cc(F)cc23)cn1. The molecule has 0 spiro atoms. The van der Waals surface area contributed by atoms with Gasteiger partial charge in [0, 0.05) is 31.1 Å². The highest BCUT2D eigenvalue weighted by Gasteiger charge is 2.47. The third kappa shape index (κ3) is 6.77. The number of aromatic nitrogens is 5. The number of carbonyl (C=O) groups is 2. The number of rotatable bonds is 6. The Labute approximate surface area is 277 Å². The largest absolute Gasteiger partial charge is 0.444 e. The molecule has 2 amide bonds. The Hall–Kier alpha value is -4.79. The molecule has 0 unspecified atom stereocenters. The summed E-state index contributed by atoms with van der Waals surface area (Å²) in [5.74, 6) is 0.569. The highest BCUT2D eigenvalue weighted by molar-refractivity contribution is 6.16. The number of hydrogen-bond acceptors (Lipinski definition) is 11. The van der Waals surface area contributed by atoms with E-state index in [2.05, 4.69) is 30.2 Å². The van der Waals surface area contributed by atoms with Gasteiger partial charge in [0.05, 0.1) is 29.0 Å². The molecule has 1 saturated carbocycles. The van der Waals surface area contributed by atoms with Crippen LogP contribution in [0.5, 0.6) is 11.8 Å². The van der Waals surface area contributed by atoms with E-state index in [9.17, 15) is 14.7 Å². The lowest BCUT2D eigenvalue weighted by Gasteiger charge is -2.33. The van der Waals surface area contributed by atoms with Crippen molar-refractivity contribution in [2.75, 3.05) is 23.4 Å². The predicted molar refractivity (Wildman–Crippen MR) is 176 cm³/mol. The predicted octanol–water partition coefficient (Wildman–Crippen LogP) is 5.75. The summed E-state index contributed by atoms with van der Waals surface area (Å²) in [7, 11) is 1.52. The van der Waals surface area contributed by atoms with Crippen LogP contribution in [-0.2, 0) is 9.47 Å². The summed E-state index contributed by atoms with van der Waals surface area (Å²) in [5, 5.41) is 13.9. The molecule has 1 aliphatic heterocycles. The average Bonchev–Trinajstić information content (AvgIpc) is 3.67. The smallest absolute Gasteiger partial charge is 0.414 e. The summed E-state index contributed by atoms with van der Waals surface area (Å²) in [5.41, 5.74) is -0.282. The normalized spacial score (nSPS) is 19.9. The number of benzene rings is 1. The number of anilines is 2. The summed E-state index contributed by atoms with van der Waals surface area (Å²) in [4.78, 5) is 50.0. The standard InChI is InChI=1S/C33H41FN8O6/c1-16(43)26-35-13-20(14-36-26)46-29-39-27-24(21-10-18(34)11-23(25(21)38-27)41(8)31(45)48-33(5,6)7)28(40-29)42-15-17-9-19(42)12-22(17)37-30(44)47-32(2,3)4/h10-11,13-14,16-17,19,22,43H,9,12,15H2,1-8H3,(H,37,44)(H,38,39,40)/t16-,17-,19-,22-/m1/s1. The van der Waals surface area contributed by atoms with Crippen molar-refractivity contribution in [3.8, 4) is 11.8 Å². The van der Waals surface area contributed by atoms with E-state index in [1.54, 1.807) is 27.7 Å². The van der Waals surface area contributed by atoms with Crippen LogP contribution in [0.4, 0.5) is 25.5 Å². The van der Waals surface area contributed by atoms with Crippen LogP contribution in [0.25, 0.3) is 21.9 Å². The molecule has 15 heteroatoms. The van der Waals surface area contributed by atoms with Crippen molar-refractivity contribution in [1.29, 1.82) is 0 Å². The summed E-state index contributed by atoms with van der Waals surface area (Å²) < 4.78 is 32.4. The van der Waals surface area contributed by atoms with Crippen LogP contribution in [0.1, 0.15) is 73.2 Å². The maximum absolute atomic E-state index is 15.3. The Morgan fingerprint density at radius 1 is 1.08 bits per heavy atom. The zero-order valence-corrected chi connectivity index (χ0v) is 28.3. The molecule has 1 aliphatic carbocycles. The first-order chi connectivity index (χ1) is 22.5. The van der Waals surface area contributed by atoms with Gasteiger partial charge in [-0.2, -0.15) is 9.97 Å². The number of ether oxygens (including phenoxy) is 3. The topological polar surface area (TPSA) is 168 Å². The zero-order chi connectivity index (χ0) is 34.7. The number of carbonyl (C=O) groups excluding carboxylic acids is 2. The first kappa shape index (κ1) is 33.1. The van der Waals surface area contributed by atoms with E-state index in [0.717, 1.165) is 6.42 Å². The van der Waals surface area contributed by atoms with Gasteiger partial charge < -0.3 is 34.5 Å². The third-order valence-corrected chi connectivity index (χ3v) is 8.24. The lowest BCUT2D eigenvalue weighted by molar-refractivity contribution is 0.0490. The van der Waals surface area contributed by atoms with E-state index < -0.39 is 35.3 Å². The number of fused-ring (bicyclic) bond motifs is 5. The first-order valence-corrected chi connectivity index (χ1v) is 15.9. The number of hydrogen-bond donors (Lipinski definition) is 3. The molecule has 1 aromatic carbocycles. The number of H-pyrrole nitrogens is 1. The van der Waals surface area contributed by atoms with Crippen molar-refractivity contribution in [2.24, 2.45) is 5.92 Å². The van der Waals surface area contributed by atoms with Crippen LogP contribution in [0.3, 0.4) is 0 Å². The number of alkyl carbamates (subject to hydrolysis) is 1. The molecule has 4 aromatic rings. The van der Waals surface area contributed by atoms with E-state index >= 15 is 4.39 Å². The molecular formula is C33H41FN8O6. The minimum absolute atomic E-state index is 0.00817. The highest BCUT2D eigenvalue weighted by atomic mass is 19.1. The Morgan fingerprint density at radius 2 is 1.77 bits per heavy atom. The van der Waals surface area contributed by atoms with Gasteiger partial charge in [0.2, 0.25) is 0 Å². The van der Waals surface area contributed by atoms with Crippen molar-refractivity contribution in [3.63, 3.8) is 0 Å². The number of halogens is 1. The molecule has 6 rings (SSSR count). The molecule has 2 bridgehead atoms. The number of amides is 2. The Morgan fingerprint density at radius 3 is 2.38 bits per heavy atom. The van der Waals surface area contributed by atoms with Crippen LogP contribution >= 0.6 is 0 Å². The molecule has 48 heavy (non-hydrogen) atoms. The molecule has 0 radical (unpaired) electrons. The fourth-order valence-corrected chi connectivity index (χ4v) is 6.30. The van der Waals surface area contributed by atoms with Crippen LogP contribution in [0.2, 0.25) is 0 Å². The fourth-order valence-electron chi connectivity index (χ4n) is 6.30. The Bertz CT molecular complexity index is 1870. The fraction of sp³-hybridized carbons (Fsp3) is 0.515. The van der Waals surface area contributed by atoms with Crippen LogP contribution in [0, 0.1) is 11.7 Å². The summed E-state index contributed by atoms with van der Waals surface area (Å²) in [6.45, 7) is 12.9. The molecule has 4 heterocycles. The van der Waals surface area contributed by atoms with Crippen LogP contribution in [0.15, 0.2) is 24.5 Å². The number of aliphatic hydroxyl groups is 1. The van der Waals surface area contributed by atoms with Gasteiger partial charge in [-0.05, 0) is 79.4 Å². The lowest BCUT2D eigenvalue weighted by Crippen LogP contribution is -2.47. The van der Waals surface area contributed by atoms with Crippen molar-refractivity contribution in [1.82, 2.24) is 30.2 Å². The number of aliphatic hydroxyl groups excluding tert-OH is 1. The number of aromatic amines is 1. The van der Waals surface area contributed by atoms with Crippen LogP contribution < -0.4 is 19.9 Å². The van der Waals surface area contributed by atoms with E-state index in [1.807, 2.05) is 20.8 Å². The average molecular weight is 665 g/mol. The van der Waals surface area contributed by atoms with E-state index in [1.165, 1.54) is 36.5 Å². The molecule has 2 fully saturated rings. The lowest BCUT2D eigenvalue weighted by atomic mass is 10.0. The van der Waals surface area contributed by atoms with Gasteiger partial charge in [0.25, 0.3) is 0 Å². The van der Waals surface area contributed by atoms with Gasteiger partial charge in [0.15, 0.2) is 11.6 Å². The highest BCUT2D eigenvalue weighted by Crippen LogP contribution is 2.45. The van der Waals surface area contributed by atoms with Crippen LogP contribution in [-0.4, -0.2) is 79.1 Å².